The summed E-state index contributed by atoms with van der Waals surface area (Å²) in [7, 11) is 0. The van der Waals surface area contributed by atoms with Crippen molar-refractivity contribution in [3.8, 4) is 0 Å². The fourth-order valence-corrected chi connectivity index (χ4v) is 1.78. The van der Waals surface area contributed by atoms with Gasteiger partial charge >= 0.3 is 0 Å². The van der Waals surface area contributed by atoms with Crippen LogP contribution in [0.1, 0.15) is 21.6 Å². The third kappa shape index (κ3) is 3.15. The van der Waals surface area contributed by atoms with Crippen LogP contribution in [0.4, 0.5) is 0 Å². The fourth-order valence-electron chi connectivity index (χ4n) is 1.65. The largest absolute Gasteiger partial charge is 0.325 e. The monoisotopic (exact) mass is 260 g/mol. The van der Waals surface area contributed by atoms with Gasteiger partial charge < -0.3 is 5.73 Å². The van der Waals surface area contributed by atoms with Crippen LogP contribution in [0.5, 0.6) is 0 Å². The first-order valence-electron chi connectivity index (χ1n) is 5.61. The Bertz CT molecular complexity index is 552. The molecule has 92 valence electrons. The molecule has 0 atom stereocenters. The molecule has 0 aliphatic carbocycles. The maximum Gasteiger partial charge on any atom is 0.167 e. The quantitative estimate of drug-likeness (QED) is 0.860. The van der Waals surface area contributed by atoms with Crippen LogP contribution in [-0.2, 0) is 13.0 Å². The molecule has 4 heteroatoms. The number of aromatic nitrogens is 1. The molecule has 0 unspecified atom stereocenters. The van der Waals surface area contributed by atoms with Crippen molar-refractivity contribution in [3.05, 3.63) is 64.4 Å². The van der Waals surface area contributed by atoms with E-state index in [1.165, 1.54) is 0 Å². The molecule has 0 aliphatic rings. The average Bonchev–Trinajstić information content (AvgIpc) is 2.41. The summed E-state index contributed by atoms with van der Waals surface area (Å²) in [6.45, 7) is 0.335. The van der Waals surface area contributed by atoms with Crippen molar-refractivity contribution in [2.45, 2.75) is 13.0 Å². The van der Waals surface area contributed by atoms with Gasteiger partial charge in [0.15, 0.2) is 5.78 Å². The summed E-state index contributed by atoms with van der Waals surface area (Å²) in [5.74, 6) is 0.0504. The number of carbonyl (C=O) groups excluding carboxylic acids is 1. The Morgan fingerprint density at radius 1 is 1.22 bits per heavy atom. The SMILES string of the molecule is NCc1cc(C(=O)Cc2ccc(Cl)cc2)ccn1. The standard InChI is InChI=1S/C14H13ClN2O/c15-12-3-1-10(2-4-12)7-14(18)11-5-6-17-13(8-11)9-16/h1-6,8H,7,9,16H2. The lowest BCUT2D eigenvalue weighted by molar-refractivity contribution is 0.0993. The molecule has 1 aromatic heterocycles. The number of pyridine rings is 1. The molecule has 0 spiro atoms. The van der Waals surface area contributed by atoms with Crippen molar-refractivity contribution in [1.29, 1.82) is 0 Å². The minimum Gasteiger partial charge on any atom is -0.325 e. The van der Waals surface area contributed by atoms with Gasteiger partial charge in [0.25, 0.3) is 0 Å². The topological polar surface area (TPSA) is 56.0 Å². The highest BCUT2D eigenvalue weighted by atomic mass is 35.5. The Morgan fingerprint density at radius 2 is 1.94 bits per heavy atom. The van der Waals surface area contributed by atoms with E-state index >= 15 is 0 Å². The van der Waals surface area contributed by atoms with Crippen molar-refractivity contribution in [2.75, 3.05) is 0 Å². The lowest BCUT2D eigenvalue weighted by atomic mass is 10.0. The van der Waals surface area contributed by atoms with Gasteiger partial charge in [-0.3, -0.25) is 9.78 Å². The number of Topliss-reactive ketones (excluding diaryl/α,β-unsaturated/α-hetero) is 1. The van der Waals surface area contributed by atoms with Crippen LogP contribution in [0, 0.1) is 0 Å². The third-order valence-electron chi connectivity index (χ3n) is 2.63. The predicted molar refractivity (Wildman–Crippen MR) is 71.6 cm³/mol. The average molecular weight is 261 g/mol. The number of nitrogens with zero attached hydrogens (tertiary/aromatic N) is 1. The molecule has 1 heterocycles. The van der Waals surface area contributed by atoms with E-state index in [0.717, 1.165) is 11.3 Å². The van der Waals surface area contributed by atoms with E-state index in [1.54, 1.807) is 30.5 Å². The molecule has 0 aliphatic heterocycles. The van der Waals surface area contributed by atoms with Crippen molar-refractivity contribution in [3.63, 3.8) is 0 Å². The van der Waals surface area contributed by atoms with E-state index in [-0.39, 0.29) is 5.78 Å². The number of carbonyl (C=O) groups is 1. The van der Waals surface area contributed by atoms with Gasteiger partial charge in [0.05, 0.1) is 5.69 Å². The number of nitrogens with two attached hydrogens (primary N) is 1. The summed E-state index contributed by atoms with van der Waals surface area (Å²) in [5.41, 5.74) is 7.80. The van der Waals surface area contributed by atoms with E-state index in [1.807, 2.05) is 12.1 Å². The molecular weight excluding hydrogens is 248 g/mol. The molecule has 0 radical (unpaired) electrons. The Hall–Kier alpha value is -1.71. The zero-order chi connectivity index (χ0) is 13.0. The highest BCUT2D eigenvalue weighted by molar-refractivity contribution is 6.30. The number of hydrogen-bond acceptors (Lipinski definition) is 3. The Labute approximate surface area is 111 Å². The zero-order valence-electron chi connectivity index (χ0n) is 9.77. The Morgan fingerprint density at radius 3 is 2.61 bits per heavy atom. The van der Waals surface area contributed by atoms with Gasteiger partial charge in [-0.2, -0.15) is 0 Å². The second-order valence-corrected chi connectivity index (χ2v) is 4.40. The summed E-state index contributed by atoms with van der Waals surface area (Å²) in [6, 6.07) is 10.7. The molecule has 0 bridgehead atoms. The molecule has 2 rings (SSSR count). The van der Waals surface area contributed by atoms with Crippen LogP contribution >= 0.6 is 11.6 Å². The number of ketones is 1. The molecule has 3 nitrogen and oxygen atoms in total. The van der Waals surface area contributed by atoms with Crippen LogP contribution in [-0.4, -0.2) is 10.8 Å². The van der Waals surface area contributed by atoms with Crippen LogP contribution in [0.15, 0.2) is 42.6 Å². The van der Waals surface area contributed by atoms with Gasteiger partial charge in [-0.1, -0.05) is 23.7 Å². The van der Waals surface area contributed by atoms with Gasteiger partial charge in [-0.25, -0.2) is 0 Å². The molecule has 2 aromatic rings. The number of benzene rings is 1. The van der Waals surface area contributed by atoms with Crippen LogP contribution in [0.2, 0.25) is 5.02 Å². The molecule has 18 heavy (non-hydrogen) atoms. The second-order valence-electron chi connectivity index (χ2n) is 3.97. The minimum atomic E-state index is 0.0504. The van der Waals surface area contributed by atoms with Crippen molar-refractivity contribution < 1.29 is 4.79 Å². The predicted octanol–water partition coefficient (Wildman–Crippen LogP) is 2.62. The van der Waals surface area contributed by atoms with Crippen LogP contribution in [0.25, 0.3) is 0 Å². The van der Waals surface area contributed by atoms with Gasteiger partial charge in [-0.15, -0.1) is 0 Å². The summed E-state index contributed by atoms with van der Waals surface area (Å²) < 4.78 is 0. The number of hydrogen-bond donors (Lipinski definition) is 1. The fraction of sp³-hybridized carbons (Fsp3) is 0.143. The Kier molecular flexibility index (Phi) is 4.07. The van der Waals surface area contributed by atoms with E-state index in [9.17, 15) is 4.79 Å². The molecular formula is C14H13ClN2O. The summed E-state index contributed by atoms with van der Waals surface area (Å²) in [6.07, 6.45) is 1.96. The lowest BCUT2D eigenvalue weighted by Crippen LogP contribution is -2.06. The van der Waals surface area contributed by atoms with Crippen LogP contribution in [0.3, 0.4) is 0 Å². The van der Waals surface area contributed by atoms with Crippen LogP contribution < -0.4 is 5.73 Å². The molecule has 0 amide bonds. The first-order valence-corrected chi connectivity index (χ1v) is 5.99. The maximum absolute atomic E-state index is 12.1. The molecule has 0 saturated heterocycles. The smallest absolute Gasteiger partial charge is 0.167 e. The van der Waals surface area contributed by atoms with E-state index < -0.39 is 0 Å². The zero-order valence-corrected chi connectivity index (χ0v) is 10.5. The summed E-state index contributed by atoms with van der Waals surface area (Å²) in [5, 5.41) is 0.667. The maximum atomic E-state index is 12.1. The van der Waals surface area contributed by atoms with E-state index in [2.05, 4.69) is 4.98 Å². The summed E-state index contributed by atoms with van der Waals surface area (Å²) in [4.78, 5) is 16.1. The first-order chi connectivity index (χ1) is 8.69. The van der Waals surface area contributed by atoms with Gasteiger partial charge in [0, 0.05) is 29.7 Å². The van der Waals surface area contributed by atoms with E-state index in [4.69, 9.17) is 17.3 Å². The van der Waals surface area contributed by atoms with Crippen molar-refractivity contribution in [2.24, 2.45) is 5.73 Å². The molecule has 2 N–H and O–H groups in total. The first kappa shape index (κ1) is 12.7. The van der Waals surface area contributed by atoms with Gasteiger partial charge in [-0.05, 0) is 29.8 Å². The normalized spacial score (nSPS) is 10.3. The van der Waals surface area contributed by atoms with Gasteiger partial charge in [0.2, 0.25) is 0 Å². The highest BCUT2D eigenvalue weighted by Gasteiger charge is 2.08. The number of rotatable bonds is 4. The Balaban J connectivity index is 2.14. The van der Waals surface area contributed by atoms with E-state index in [0.29, 0.717) is 23.6 Å². The second kappa shape index (κ2) is 5.76. The molecule has 0 saturated carbocycles. The molecule has 0 fully saturated rings. The lowest BCUT2D eigenvalue weighted by Gasteiger charge is -2.03. The third-order valence-corrected chi connectivity index (χ3v) is 2.88. The van der Waals surface area contributed by atoms with Crippen molar-refractivity contribution >= 4 is 17.4 Å². The number of halogens is 1. The highest BCUT2D eigenvalue weighted by Crippen LogP contribution is 2.12. The van der Waals surface area contributed by atoms with Gasteiger partial charge in [0.1, 0.15) is 0 Å². The molecule has 1 aromatic carbocycles. The minimum absolute atomic E-state index is 0.0504. The summed E-state index contributed by atoms with van der Waals surface area (Å²) >= 11 is 5.80. The van der Waals surface area contributed by atoms with Crippen molar-refractivity contribution in [1.82, 2.24) is 4.98 Å².